The van der Waals surface area contributed by atoms with Crippen LogP contribution < -0.4 is 5.32 Å². The van der Waals surface area contributed by atoms with Crippen molar-refractivity contribution in [2.75, 3.05) is 0 Å². The van der Waals surface area contributed by atoms with E-state index in [1.807, 2.05) is 13.1 Å². The maximum Gasteiger partial charge on any atom is 0.0569 e. The fourth-order valence-corrected chi connectivity index (χ4v) is 0.419. The Morgan fingerprint density at radius 3 is 2.57 bits per heavy atom. The van der Waals surface area contributed by atoms with Crippen LogP contribution in [0.2, 0.25) is 0 Å². The summed E-state index contributed by atoms with van der Waals surface area (Å²) in [5, 5.41) is 3.01. The normalized spacial score (nSPS) is 18.0. The molecule has 0 aromatic heterocycles. The van der Waals surface area contributed by atoms with Crippen LogP contribution in [0.4, 0.5) is 0 Å². The quantitative estimate of drug-likeness (QED) is 0.522. The molecule has 0 saturated heterocycles. The minimum atomic E-state index is 1.28. The largest absolute Gasteiger partial charge is 0.358 e. The molecule has 1 nitrogen and oxygen atoms in total. The van der Waals surface area contributed by atoms with Crippen LogP contribution in [0.1, 0.15) is 13.8 Å². The summed E-state index contributed by atoms with van der Waals surface area (Å²) in [5.41, 5.74) is 2.61. The van der Waals surface area contributed by atoms with Crippen LogP contribution in [-0.4, -0.2) is 0 Å². The second kappa shape index (κ2) is 1.41. The van der Waals surface area contributed by atoms with Crippen molar-refractivity contribution in [3.63, 3.8) is 0 Å². The number of hydrogen-bond acceptors (Lipinski definition) is 1. The zero-order valence-electron chi connectivity index (χ0n) is 4.65. The Labute approximate surface area is 43.7 Å². The SMILES string of the molecule is C/C=C(/C)C1=CN1. The lowest BCUT2D eigenvalue weighted by Crippen LogP contribution is -1.78. The third kappa shape index (κ3) is 0.829. The first-order chi connectivity index (χ1) is 3.34. The zero-order chi connectivity index (χ0) is 5.28. The Morgan fingerprint density at radius 1 is 1.86 bits per heavy atom. The Bertz CT molecular complexity index is 131. The van der Waals surface area contributed by atoms with Crippen molar-refractivity contribution in [2.45, 2.75) is 13.8 Å². The van der Waals surface area contributed by atoms with E-state index in [-0.39, 0.29) is 0 Å². The van der Waals surface area contributed by atoms with Gasteiger partial charge >= 0.3 is 0 Å². The summed E-state index contributed by atoms with van der Waals surface area (Å²) in [6, 6.07) is 0. The topological polar surface area (TPSA) is 21.9 Å². The van der Waals surface area contributed by atoms with E-state index >= 15 is 0 Å². The molecule has 0 saturated carbocycles. The van der Waals surface area contributed by atoms with Gasteiger partial charge < -0.3 is 5.32 Å². The van der Waals surface area contributed by atoms with Crippen LogP contribution in [0.15, 0.2) is 23.5 Å². The summed E-state index contributed by atoms with van der Waals surface area (Å²) in [5.74, 6) is 0. The van der Waals surface area contributed by atoms with Gasteiger partial charge in [0.15, 0.2) is 0 Å². The van der Waals surface area contributed by atoms with Gasteiger partial charge in [-0.25, -0.2) is 0 Å². The van der Waals surface area contributed by atoms with Crippen LogP contribution in [0.25, 0.3) is 0 Å². The highest BCUT2D eigenvalue weighted by Gasteiger charge is 2.04. The van der Waals surface area contributed by atoms with Crippen molar-refractivity contribution >= 4 is 0 Å². The lowest BCUT2D eigenvalue weighted by Gasteiger charge is -1.83. The Hall–Kier alpha value is -0.720. The highest BCUT2D eigenvalue weighted by Crippen LogP contribution is 2.12. The molecule has 38 valence electrons. The highest BCUT2D eigenvalue weighted by molar-refractivity contribution is 5.36. The molecule has 1 N–H and O–H groups in total. The molecule has 0 spiro atoms. The van der Waals surface area contributed by atoms with Crippen LogP contribution in [0.3, 0.4) is 0 Å². The van der Waals surface area contributed by atoms with Gasteiger partial charge in [-0.3, -0.25) is 0 Å². The molecule has 0 unspecified atom stereocenters. The van der Waals surface area contributed by atoms with E-state index in [0.29, 0.717) is 0 Å². The first-order valence-electron chi connectivity index (χ1n) is 2.44. The van der Waals surface area contributed by atoms with Crippen LogP contribution in [0, 0.1) is 0 Å². The molecule has 0 aromatic rings. The first kappa shape index (κ1) is 4.44. The summed E-state index contributed by atoms with van der Waals surface area (Å²) in [7, 11) is 0. The first-order valence-corrected chi connectivity index (χ1v) is 2.44. The van der Waals surface area contributed by atoms with Crippen molar-refractivity contribution in [1.82, 2.24) is 5.32 Å². The third-order valence-corrected chi connectivity index (χ3v) is 1.15. The molecule has 1 aliphatic rings. The van der Waals surface area contributed by atoms with E-state index < -0.39 is 0 Å². The summed E-state index contributed by atoms with van der Waals surface area (Å²) >= 11 is 0. The molecular weight excluding hydrogens is 86.1 g/mol. The minimum absolute atomic E-state index is 1.28. The van der Waals surface area contributed by atoms with E-state index in [4.69, 9.17) is 0 Å². The van der Waals surface area contributed by atoms with Gasteiger partial charge in [0.1, 0.15) is 0 Å². The summed E-state index contributed by atoms with van der Waals surface area (Å²) < 4.78 is 0. The molecule has 7 heavy (non-hydrogen) atoms. The van der Waals surface area contributed by atoms with E-state index in [1.165, 1.54) is 11.3 Å². The van der Waals surface area contributed by atoms with Gasteiger partial charge in [0.05, 0.1) is 5.70 Å². The molecular formula is C6H9N. The van der Waals surface area contributed by atoms with Gasteiger partial charge in [-0.2, -0.15) is 0 Å². The van der Waals surface area contributed by atoms with Gasteiger partial charge in [0, 0.05) is 6.20 Å². The predicted molar refractivity (Wildman–Crippen MR) is 30.6 cm³/mol. The van der Waals surface area contributed by atoms with Gasteiger partial charge in [-0.15, -0.1) is 0 Å². The van der Waals surface area contributed by atoms with E-state index in [0.717, 1.165) is 0 Å². The molecule has 1 heteroatoms. The van der Waals surface area contributed by atoms with Crippen LogP contribution in [-0.2, 0) is 0 Å². The van der Waals surface area contributed by atoms with Gasteiger partial charge in [-0.1, -0.05) is 6.08 Å². The Morgan fingerprint density at radius 2 is 2.43 bits per heavy atom. The smallest absolute Gasteiger partial charge is 0.0569 e. The van der Waals surface area contributed by atoms with Crippen molar-refractivity contribution in [3.8, 4) is 0 Å². The third-order valence-electron chi connectivity index (χ3n) is 1.15. The van der Waals surface area contributed by atoms with E-state index in [1.54, 1.807) is 0 Å². The molecule has 0 bridgehead atoms. The van der Waals surface area contributed by atoms with Gasteiger partial charge in [0.2, 0.25) is 0 Å². The fourth-order valence-electron chi connectivity index (χ4n) is 0.419. The molecule has 1 heterocycles. The maximum atomic E-state index is 3.01. The van der Waals surface area contributed by atoms with Crippen molar-refractivity contribution < 1.29 is 0 Å². The average molecular weight is 95.1 g/mol. The maximum absolute atomic E-state index is 3.01. The van der Waals surface area contributed by atoms with Crippen molar-refractivity contribution in [2.24, 2.45) is 0 Å². The monoisotopic (exact) mass is 95.1 g/mol. The average Bonchev–Trinajstić information content (AvgIpc) is 2.44. The van der Waals surface area contributed by atoms with Crippen LogP contribution in [0.5, 0.6) is 0 Å². The summed E-state index contributed by atoms with van der Waals surface area (Å²) in [6.45, 7) is 4.13. The molecule has 0 aromatic carbocycles. The Kier molecular flexibility index (Phi) is 0.895. The van der Waals surface area contributed by atoms with Crippen molar-refractivity contribution in [1.29, 1.82) is 0 Å². The lowest BCUT2D eigenvalue weighted by atomic mass is 10.3. The summed E-state index contributed by atoms with van der Waals surface area (Å²) in [4.78, 5) is 0. The second-order valence-electron chi connectivity index (χ2n) is 1.67. The Balaban J connectivity index is 2.54. The number of allylic oxidation sites excluding steroid dienone is 2. The summed E-state index contributed by atoms with van der Waals surface area (Å²) in [6.07, 6.45) is 4.08. The van der Waals surface area contributed by atoms with Gasteiger partial charge in [-0.05, 0) is 19.4 Å². The molecule has 0 aliphatic carbocycles. The number of nitrogens with one attached hydrogen (secondary N) is 1. The molecule has 1 rings (SSSR count). The zero-order valence-corrected chi connectivity index (χ0v) is 4.65. The molecule has 0 amide bonds. The minimum Gasteiger partial charge on any atom is -0.358 e. The molecule has 0 fully saturated rings. The lowest BCUT2D eigenvalue weighted by molar-refractivity contribution is 1.28. The van der Waals surface area contributed by atoms with E-state index in [9.17, 15) is 0 Å². The standard InChI is InChI=1S/C6H9N/c1-3-5(2)6-4-7-6/h3-4,7H,1-2H3/b5-3-. The van der Waals surface area contributed by atoms with Crippen LogP contribution >= 0.6 is 0 Å². The molecule has 1 aliphatic heterocycles. The van der Waals surface area contributed by atoms with Gasteiger partial charge in [0.25, 0.3) is 0 Å². The number of hydrogen-bond donors (Lipinski definition) is 1. The second-order valence-corrected chi connectivity index (χ2v) is 1.67. The molecule has 0 atom stereocenters. The highest BCUT2D eigenvalue weighted by atomic mass is 15.0. The number of rotatable bonds is 1. The fraction of sp³-hybridized carbons (Fsp3) is 0.333. The van der Waals surface area contributed by atoms with E-state index in [2.05, 4.69) is 18.3 Å². The predicted octanol–water partition coefficient (Wildman–Crippen LogP) is 1.40. The van der Waals surface area contributed by atoms with Crippen molar-refractivity contribution in [3.05, 3.63) is 23.5 Å². The molecule has 0 radical (unpaired) electrons.